The SMILES string of the molecule is CC(C)CC(CNC(=O)c1cnc(C(F)(F)F)nc1)C(=O)O. The maximum Gasteiger partial charge on any atom is 0.451 e. The number of nitrogens with one attached hydrogen (secondary N) is 1. The fourth-order valence-electron chi connectivity index (χ4n) is 1.75. The minimum atomic E-state index is -4.68. The number of aromatic nitrogens is 2. The van der Waals surface area contributed by atoms with Gasteiger partial charge in [0.25, 0.3) is 5.91 Å². The molecule has 1 heterocycles. The first-order chi connectivity index (χ1) is 10.1. The first-order valence-electron chi connectivity index (χ1n) is 6.51. The number of alkyl halides is 3. The number of carboxylic acid groups (broad SMARTS) is 1. The quantitative estimate of drug-likeness (QED) is 0.836. The molecule has 0 saturated heterocycles. The topological polar surface area (TPSA) is 92.2 Å². The zero-order valence-electron chi connectivity index (χ0n) is 12.0. The maximum atomic E-state index is 12.3. The Morgan fingerprint density at radius 3 is 2.23 bits per heavy atom. The molecule has 0 aliphatic rings. The highest BCUT2D eigenvalue weighted by Gasteiger charge is 2.34. The molecule has 9 heteroatoms. The summed E-state index contributed by atoms with van der Waals surface area (Å²) >= 11 is 0. The highest BCUT2D eigenvalue weighted by molar-refractivity contribution is 5.93. The van der Waals surface area contributed by atoms with E-state index in [-0.39, 0.29) is 18.0 Å². The van der Waals surface area contributed by atoms with Crippen molar-refractivity contribution in [2.24, 2.45) is 11.8 Å². The highest BCUT2D eigenvalue weighted by atomic mass is 19.4. The summed E-state index contributed by atoms with van der Waals surface area (Å²) in [6.07, 6.45) is -2.80. The molecule has 1 unspecified atom stereocenters. The van der Waals surface area contributed by atoms with E-state index in [0.717, 1.165) is 12.4 Å². The van der Waals surface area contributed by atoms with Crippen LogP contribution in [0, 0.1) is 11.8 Å². The van der Waals surface area contributed by atoms with E-state index >= 15 is 0 Å². The molecule has 2 N–H and O–H groups in total. The van der Waals surface area contributed by atoms with E-state index in [4.69, 9.17) is 5.11 Å². The predicted molar refractivity (Wildman–Crippen MR) is 69.9 cm³/mol. The standard InChI is InChI=1S/C13H16F3N3O3/c1-7(2)3-8(11(21)22)4-17-10(20)9-5-18-12(19-6-9)13(14,15)16/h5-8H,3-4H2,1-2H3,(H,17,20)(H,21,22). The van der Waals surface area contributed by atoms with Crippen LogP contribution < -0.4 is 5.32 Å². The molecule has 0 aliphatic carbocycles. The van der Waals surface area contributed by atoms with Crippen molar-refractivity contribution in [3.8, 4) is 0 Å². The second-order valence-electron chi connectivity index (χ2n) is 5.17. The molecule has 1 amide bonds. The average molecular weight is 319 g/mol. The van der Waals surface area contributed by atoms with Crippen molar-refractivity contribution in [3.05, 3.63) is 23.8 Å². The summed E-state index contributed by atoms with van der Waals surface area (Å²) in [5, 5.41) is 11.4. The number of halogens is 3. The van der Waals surface area contributed by atoms with Crippen molar-refractivity contribution < 1.29 is 27.9 Å². The van der Waals surface area contributed by atoms with Gasteiger partial charge in [0.05, 0.1) is 11.5 Å². The van der Waals surface area contributed by atoms with Gasteiger partial charge in [0.15, 0.2) is 0 Å². The van der Waals surface area contributed by atoms with Crippen LogP contribution in [0.5, 0.6) is 0 Å². The van der Waals surface area contributed by atoms with E-state index in [9.17, 15) is 22.8 Å². The lowest BCUT2D eigenvalue weighted by Gasteiger charge is -2.15. The Balaban J connectivity index is 2.67. The minimum Gasteiger partial charge on any atom is -0.481 e. The molecule has 0 radical (unpaired) electrons. The summed E-state index contributed by atoms with van der Waals surface area (Å²) in [7, 11) is 0. The number of hydrogen-bond acceptors (Lipinski definition) is 4. The number of nitrogens with zero attached hydrogens (tertiary/aromatic N) is 2. The summed E-state index contributed by atoms with van der Waals surface area (Å²) in [6.45, 7) is 3.58. The van der Waals surface area contributed by atoms with Crippen molar-refractivity contribution in [1.82, 2.24) is 15.3 Å². The molecular weight excluding hydrogens is 303 g/mol. The number of amides is 1. The fourth-order valence-corrected chi connectivity index (χ4v) is 1.75. The van der Waals surface area contributed by atoms with E-state index in [1.54, 1.807) is 0 Å². The molecule has 6 nitrogen and oxygen atoms in total. The Hall–Kier alpha value is -2.19. The average Bonchev–Trinajstić information content (AvgIpc) is 2.41. The molecule has 0 fully saturated rings. The predicted octanol–water partition coefficient (Wildman–Crippen LogP) is 1.97. The van der Waals surface area contributed by atoms with Gasteiger partial charge in [-0.2, -0.15) is 13.2 Å². The molecular formula is C13H16F3N3O3. The molecule has 1 aromatic rings. The monoisotopic (exact) mass is 319 g/mol. The first kappa shape index (κ1) is 17.9. The molecule has 1 rings (SSSR count). The van der Waals surface area contributed by atoms with Gasteiger partial charge in [-0.1, -0.05) is 13.8 Å². The lowest BCUT2D eigenvalue weighted by molar-refractivity contribution is -0.145. The molecule has 1 aromatic heterocycles. The molecule has 22 heavy (non-hydrogen) atoms. The fraction of sp³-hybridized carbons (Fsp3) is 0.538. The summed E-state index contributed by atoms with van der Waals surface area (Å²) in [5.74, 6) is -3.74. The van der Waals surface area contributed by atoms with Crippen LogP contribution >= 0.6 is 0 Å². The summed E-state index contributed by atoms with van der Waals surface area (Å²) < 4.78 is 36.9. The van der Waals surface area contributed by atoms with Crippen molar-refractivity contribution in [1.29, 1.82) is 0 Å². The molecule has 0 spiro atoms. The highest BCUT2D eigenvalue weighted by Crippen LogP contribution is 2.25. The van der Waals surface area contributed by atoms with Crippen LogP contribution in [0.25, 0.3) is 0 Å². The van der Waals surface area contributed by atoms with Crippen molar-refractivity contribution in [2.75, 3.05) is 6.54 Å². The van der Waals surface area contributed by atoms with E-state index < -0.39 is 29.8 Å². The van der Waals surface area contributed by atoms with E-state index in [1.807, 2.05) is 13.8 Å². The number of carbonyl (C=O) groups is 2. The molecule has 0 aliphatic heterocycles. The third-order valence-electron chi connectivity index (χ3n) is 2.78. The van der Waals surface area contributed by atoms with Gasteiger partial charge in [0.1, 0.15) is 0 Å². The smallest absolute Gasteiger partial charge is 0.451 e. The number of carbonyl (C=O) groups excluding carboxylic acids is 1. The van der Waals surface area contributed by atoms with Crippen LogP contribution in [-0.4, -0.2) is 33.5 Å². The summed E-state index contributed by atoms with van der Waals surface area (Å²) in [5.41, 5.74) is -0.165. The van der Waals surface area contributed by atoms with Gasteiger partial charge in [-0.05, 0) is 12.3 Å². The molecule has 122 valence electrons. The lowest BCUT2D eigenvalue weighted by Crippen LogP contribution is -2.33. The largest absolute Gasteiger partial charge is 0.481 e. The van der Waals surface area contributed by atoms with Crippen molar-refractivity contribution in [2.45, 2.75) is 26.4 Å². The van der Waals surface area contributed by atoms with Crippen LogP contribution in [0.4, 0.5) is 13.2 Å². The Labute approximate surface area is 124 Å². The van der Waals surface area contributed by atoms with Crippen molar-refractivity contribution >= 4 is 11.9 Å². The van der Waals surface area contributed by atoms with Gasteiger partial charge in [-0.25, -0.2) is 9.97 Å². The second-order valence-corrected chi connectivity index (χ2v) is 5.17. The Morgan fingerprint density at radius 1 is 1.27 bits per heavy atom. The van der Waals surface area contributed by atoms with Gasteiger partial charge in [0.2, 0.25) is 5.82 Å². The molecule has 1 atom stereocenters. The third-order valence-corrected chi connectivity index (χ3v) is 2.78. The van der Waals surface area contributed by atoms with Gasteiger partial charge >= 0.3 is 12.1 Å². The number of carboxylic acids is 1. The van der Waals surface area contributed by atoms with Gasteiger partial charge < -0.3 is 10.4 Å². The Morgan fingerprint density at radius 2 is 1.82 bits per heavy atom. The van der Waals surface area contributed by atoms with Gasteiger partial charge in [-0.3, -0.25) is 9.59 Å². The molecule has 0 aromatic carbocycles. The van der Waals surface area contributed by atoms with Crippen molar-refractivity contribution in [3.63, 3.8) is 0 Å². The third kappa shape index (κ3) is 5.30. The van der Waals surface area contributed by atoms with Crippen LogP contribution in [0.15, 0.2) is 12.4 Å². The van der Waals surface area contributed by atoms with Crippen LogP contribution in [0.1, 0.15) is 36.5 Å². The zero-order chi connectivity index (χ0) is 16.9. The molecule has 0 saturated carbocycles. The van der Waals surface area contributed by atoms with Gasteiger partial charge in [0, 0.05) is 18.9 Å². The lowest BCUT2D eigenvalue weighted by atomic mass is 9.97. The normalized spacial score (nSPS) is 13.0. The van der Waals surface area contributed by atoms with E-state index in [2.05, 4.69) is 15.3 Å². The molecule has 0 bridgehead atoms. The zero-order valence-corrected chi connectivity index (χ0v) is 12.0. The van der Waals surface area contributed by atoms with Crippen LogP contribution in [0.3, 0.4) is 0 Å². The minimum absolute atomic E-state index is 0.118. The van der Waals surface area contributed by atoms with Gasteiger partial charge in [-0.15, -0.1) is 0 Å². The number of hydrogen-bond donors (Lipinski definition) is 2. The number of aliphatic carboxylic acids is 1. The van der Waals surface area contributed by atoms with Crippen LogP contribution in [-0.2, 0) is 11.0 Å². The first-order valence-corrected chi connectivity index (χ1v) is 6.51. The Kier molecular flexibility index (Phi) is 5.84. The van der Waals surface area contributed by atoms with Crippen LogP contribution in [0.2, 0.25) is 0 Å². The maximum absolute atomic E-state index is 12.3. The summed E-state index contributed by atoms with van der Waals surface area (Å²) in [4.78, 5) is 28.9. The Bertz CT molecular complexity index is 530. The van der Waals surface area contributed by atoms with E-state index in [1.165, 1.54) is 0 Å². The summed E-state index contributed by atoms with van der Waals surface area (Å²) in [6, 6.07) is 0. The number of rotatable bonds is 6. The second kappa shape index (κ2) is 7.19. The van der Waals surface area contributed by atoms with E-state index in [0.29, 0.717) is 6.42 Å².